The average molecular weight is 438 g/mol. The third-order valence-corrected chi connectivity index (χ3v) is 8.31. The summed E-state index contributed by atoms with van der Waals surface area (Å²) < 4.78 is 6.22. The summed E-state index contributed by atoms with van der Waals surface area (Å²) in [4.78, 5) is 15.6. The molecule has 1 heterocycles. The second-order valence-corrected chi connectivity index (χ2v) is 10.0. The summed E-state index contributed by atoms with van der Waals surface area (Å²) in [5.41, 5.74) is 4.21. The molecule has 3 atom stereocenters. The van der Waals surface area contributed by atoms with Crippen molar-refractivity contribution >= 4 is 5.91 Å². The van der Waals surface area contributed by atoms with E-state index in [4.69, 9.17) is 4.74 Å². The number of amides is 1. The van der Waals surface area contributed by atoms with Gasteiger partial charge in [0.15, 0.2) is 0 Å². The molecular formula is C30H31NO2. The van der Waals surface area contributed by atoms with Gasteiger partial charge in [-0.3, -0.25) is 4.79 Å². The normalized spacial score (nSPS) is 25.6. The van der Waals surface area contributed by atoms with Crippen molar-refractivity contribution in [1.82, 2.24) is 4.90 Å². The number of carbonyl (C=O) groups excluding carboxylic acids is 1. The predicted molar refractivity (Wildman–Crippen MR) is 131 cm³/mol. The van der Waals surface area contributed by atoms with Crippen molar-refractivity contribution in [2.45, 2.75) is 56.4 Å². The van der Waals surface area contributed by atoms with E-state index in [1.54, 1.807) is 0 Å². The highest BCUT2D eigenvalue weighted by molar-refractivity contribution is 5.79. The number of likely N-dealkylation sites (tertiary alicyclic amines) is 1. The summed E-state index contributed by atoms with van der Waals surface area (Å²) in [6.45, 7) is 0.871. The van der Waals surface area contributed by atoms with Crippen LogP contribution in [0.5, 0.6) is 11.5 Å². The molecule has 1 amide bonds. The molecule has 3 aliphatic rings. The van der Waals surface area contributed by atoms with Crippen LogP contribution in [0.1, 0.15) is 48.8 Å². The third-order valence-electron chi connectivity index (χ3n) is 8.31. The lowest BCUT2D eigenvalue weighted by Crippen LogP contribution is -2.62. The lowest BCUT2D eigenvalue weighted by atomic mass is 9.52. The first-order chi connectivity index (χ1) is 16.2. The van der Waals surface area contributed by atoms with Crippen LogP contribution < -0.4 is 4.74 Å². The number of ether oxygens (including phenoxy) is 1. The molecule has 33 heavy (non-hydrogen) atoms. The van der Waals surface area contributed by atoms with Crippen LogP contribution >= 0.6 is 0 Å². The van der Waals surface area contributed by atoms with Gasteiger partial charge in [0.2, 0.25) is 5.91 Å². The molecule has 1 saturated heterocycles. The first kappa shape index (κ1) is 20.5. The van der Waals surface area contributed by atoms with Gasteiger partial charge < -0.3 is 9.64 Å². The van der Waals surface area contributed by atoms with E-state index in [1.165, 1.54) is 36.8 Å². The molecule has 6 rings (SSSR count). The second-order valence-electron chi connectivity index (χ2n) is 10.0. The maximum atomic E-state index is 13.4. The third kappa shape index (κ3) is 3.64. The van der Waals surface area contributed by atoms with Gasteiger partial charge in [-0.25, -0.2) is 0 Å². The number of nitrogens with zero attached hydrogens (tertiary/aromatic N) is 1. The Morgan fingerprint density at radius 3 is 2.52 bits per heavy atom. The number of fused-ring (bicyclic) bond motifs is 1. The standard InChI is InChI=1S/C30H31NO2/c32-29(19-22-9-3-1-4-10-22)31-18-17-30-16-8-7-13-26(30)28(31)20-23-14-15-25(21-27(23)30)33-24-11-5-2-6-12-24/h1-6,9-12,14-15,21,26,28H,7-8,13,16-20H2/t26-,28+,30+/m0/s1. The van der Waals surface area contributed by atoms with Crippen molar-refractivity contribution in [2.24, 2.45) is 5.92 Å². The number of rotatable bonds is 4. The summed E-state index contributed by atoms with van der Waals surface area (Å²) in [6, 6.07) is 27.3. The van der Waals surface area contributed by atoms with E-state index in [0.717, 1.165) is 36.4 Å². The lowest BCUT2D eigenvalue weighted by molar-refractivity contribution is -0.139. The van der Waals surface area contributed by atoms with E-state index in [-0.39, 0.29) is 11.3 Å². The Labute approximate surface area is 196 Å². The highest BCUT2D eigenvalue weighted by atomic mass is 16.5. The van der Waals surface area contributed by atoms with Crippen molar-refractivity contribution in [3.8, 4) is 11.5 Å². The maximum absolute atomic E-state index is 13.4. The fourth-order valence-corrected chi connectivity index (χ4v) is 6.85. The Hall–Kier alpha value is -3.07. The van der Waals surface area contributed by atoms with E-state index in [0.29, 0.717) is 18.4 Å². The van der Waals surface area contributed by atoms with Gasteiger partial charge in [-0.2, -0.15) is 0 Å². The number of hydrogen-bond donors (Lipinski definition) is 0. The number of piperidine rings is 1. The summed E-state index contributed by atoms with van der Waals surface area (Å²) >= 11 is 0. The van der Waals surface area contributed by atoms with Crippen molar-refractivity contribution < 1.29 is 9.53 Å². The smallest absolute Gasteiger partial charge is 0.227 e. The molecule has 0 radical (unpaired) electrons. The molecule has 3 heteroatoms. The predicted octanol–water partition coefficient (Wildman–Crippen LogP) is 6.31. The van der Waals surface area contributed by atoms with Crippen LogP contribution in [-0.4, -0.2) is 23.4 Å². The van der Waals surface area contributed by atoms with Gasteiger partial charge in [0, 0.05) is 18.0 Å². The molecule has 3 aromatic rings. The molecule has 3 aromatic carbocycles. The van der Waals surface area contributed by atoms with Crippen LogP contribution in [0.4, 0.5) is 0 Å². The first-order valence-electron chi connectivity index (χ1n) is 12.4. The van der Waals surface area contributed by atoms with Crippen LogP contribution in [0.25, 0.3) is 0 Å². The molecule has 0 unspecified atom stereocenters. The Balaban J connectivity index is 1.32. The van der Waals surface area contributed by atoms with Crippen LogP contribution in [0.15, 0.2) is 78.9 Å². The lowest BCUT2D eigenvalue weighted by Gasteiger charge is -2.59. The number of hydrogen-bond acceptors (Lipinski definition) is 2. The van der Waals surface area contributed by atoms with Gasteiger partial charge in [0.05, 0.1) is 6.42 Å². The van der Waals surface area contributed by atoms with Gasteiger partial charge >= 0.3 is 0 Å². The van der Waals surface area contributed by atoms with Crippen LogP contribution in [0.3, 0.4) is 0 Å². The van der Waals surface area contributed by atoms with Gasteiger partial charge in [-0.15, -0.1) is 0 Å². The molecule has 2 fully saturated rings. The Morgan fingerprint density at radius 2 is 1.70 bits per heavy atom. The van der Waals surface area contributed by atoms with Gasteiger partial charge in [-0.05, 0) is 72.6 Å². The Kier molecular flexibility index (Phi) is 5.21. The van der Waals surface area contributed by atoms with E-state index in [2.05, 4.69) is 35.2 Å². The molecule has 1 aliphatic heterocycles. The van der Waals surface area contributed by atoms with Crippen LogP contribution in [-0.2, 0) is 23.1 Å². The fraction of sp³-hybridized carbons (Fsp3) is 0.367. The summed E-state index contributed by atoms with van der Waals surface area (Å²) in [5, 5.41) is 0. The summed E-state index contributed by atoms with van der Waals surface area (Å²) in [6.07, 6.45) is 7.56. The minimum absolute atomic E-state index is 0.191. The second kappa shape index (κ2) is 8.37. The molecule has 0 N–H and O–H groups in total. The Bertz CT molecular complexity index is 1140. The zero-order chi connectivity index (χ0) is 22.3. The Morgan fingerprint density at radius 1 is 0.909 bits per heavy atom. The molecular weight excluding hydrogens is 406 g/mol. The average Bonchev–Trinajstić information content (AvgIpc) is 2.85. The van der Waals surface area contributed by atoms with Gasteiger partial charge in [0.1, 0.15) is 11.5 Å². The zero-order valence-corrected chi connectivity index (χ0v) is 19.1. The largest absolute Gasteiger partial charge is 0.457 e. The molecule has 3 nitrogen and oxygen atoms in total. The van der Waals surface area contributed by atoms with E-state index >= 15 is 0 Å². The monoisotopic (exact) mass is 437 g/mol. The molecule has 0 spiro atoms. The summed E-state index contributed by atoms with van der Waals surface area (Å²) in [5.74, 6) is 2.65. The highest BCUT2D eigenvalue weighted by Gasteiger charge is 2.54. The molecule has 2 aliphatic carbocycles. The number of carbonyl (C=O) groups is 1. The minimum Gasteiger partial charge on any atom is -0.457 e. The van der Waals surface area contributed by atoms with Crippen molar-refractivity contribution in [3.63, 3.8) is 0 Å². The van der Waals surface area contributed by atoms with E-state index in [1.807, 2.05) is 48.5 Å². The topological polar surface area (TPSA) is 29.5 Å². The molecule has 1 saturated carbocycles. The van der Waals surface area contributed by atoms with E-state index < -0.39 is 0 Å². The van der Waals surface area contributed by atoms with Crippen molar-refractivity contribution in [1.29, 1.82) is 0 Å². The zero-order valence-electron chi connectivity index (χ0n) is 19.1. The van der Waals surface area contributed by atoms with Gasteiger partial charge in [-0.1, -0.05) is 67.4 Å². The molecule has 0 aromatic heterocycles. The molecule has 168 valence electrons. The van der Waals surface area contributed by atoms with Gasteiger partial charge in [0.25, 0.3) is 0 Å². The molecule has 2 bridgehead atoms. The van der Waals surface area contributed by atoms with Crippen molar-refractivity contribution in [3.05, 3.63) is 95.6 Å². The first-order valence-corrected chi connectivity index (χ1v) is 12.4. The maximum Gasteiger partial charge on any atom is 0.227 e. The summed E-state index contributed by atoms with van der Waals surface area (Å²) in [7, 11) is 0. The number of para-hydroxylation sites is 1. The van der Waals surface area contributed by atoms with Crippen LogP contribution in [0, 0.1) is 5.92 Å². The van der Waals surface area contributed by atoms with Crippen molar-refractivity contribution in [2.75, 3.05) is 6.54 Å². The van der Waals surface area contributed by atoms with Crippen LogP contribution in [0.2, 0.25) is 0 Å². The number of benzene rings is 3. The quantitative estimate of drug-likeness (QED) is 0.479. The fourth-order valence-electron chi connectivity index (χ4n) is 6.85. The van der Waals surface area contributed by atoms with E-state index in [9.17, 15) is 4.79 Å². The minimum atomic E-state index is 0.191. The SMILES string of the molecule is O=C(Cc1ccccc1)N1CC[C@]23CCCC[C@H]2[C@H]1Cc1ccc(Oc2ccccc2)cc13. The highest BCUT2D eigenvalue weighted by Crippen LogP contribution is 2.56.